The minimum Gasteiger partial charge on any atom is -0.508 e. The fourth-order valence-electron chi connectivity index (χ4n) is 2.99. The van der Waals surface area contributed by atoms with Crippen LogP contribution in [0.5, 0.6) is 5.75 Å². The second kappa shape index (κ2) is 5.54. The molecule has 1 aromatic carbocycles. The first-order chi connectivity index (χ1) is 8.27. The van der Waals surface area contributed by atoms with Crippen molar-refractivity contribution in [1.82, 2.24) is 4.90 Å². The molecule has 0 fully saturated rings. The van der Waals surface area contributed by atoms with Crippen LogP contribution in [0.15, 0.2) is 18.2 Å². The smallest absolute Gasteiger partial charge is 0.119 e. The van der Waals surface area contributed by atoms with Gasteiger partial charge >= 0.3 is 0 Å². The molecule has 0 bridgehead atoms. The quantitative estimate of drug-likeness (QED) is 0.841. The number of aromatic hydroxyl groups is 1. The molecule has 0 spiro atoms. The van der Waals surface area contributed by atoms with Crippen LogP contribution in [0.1, 0.15) is 50.3 Å². The molecular weight excluding hydrogens is 210 g/mol. The van der Waals surface area contributed by atoms with Crippen LogP contribution >= 0.6 is 0 Å². The summed E-state index contributed by atoms with van der Waals surface area (Å²) in [6, 6.07) is 6.50. The second-order valence-electron chi connectivity index (χ2n) is 4.94. The van der Waals surface area contributed by atoms with Gasteiger partial charge in [-0.3, -0.25) is 4.90 Å². The maximum atomic E-state index is 9.87. The van der Waals surface area contributed by atoms with Crippen molar-refractivity contribution in [3.8, 4) is 5.75 Å². The van der Waals surface area contributed by atoms with Crippen LogP contribution in [-0.2, 0) is 6.42 Å². The molecule has 0 aromatic heterocycles. The van der Waals surface area contributed by atoms with Gasteiger partial charge in [-0.25, -0.2) is 0 Å². The maximum absolute atomic E-state index is 9.87. The van der Waals surface area contributed by atoms with Gasteiger partial charge in [0.25, 0.3) is 0 Å². The van der Waals surface area contributed by atoms with E-state index < -0.39 is 0 Å². The summed E-state index contributed by atoms with van der Waals surface area (Å²) in [5.74, 6) is 0.484. The highest BCUT2D eigenvalue weighted by molar-refractivity contribution is 5.44. The average molecular weight is 233 g/mol. The van der Waals surface area contributed by atoms with Crippen LogP contribution < -0.4 is 0 Å². The van der Waals surface area contributed by atoms with E-state index in [1.807, 2.05) is 12.1 Å². The molecule has 1 aromatic rings. The normalized spacial score (nSPS) is 18.6. The molecule has 2 rings (SSSR count). The van der Waals surface area contributed by atoms with Crippen LogP contribution in [0.2, 0.25) is 0 Å². The van der Waals surface area contributed by atoms with E-state index in [1.165, 1.54) is 24.0 Å². The molecule has 17 heavy (non-hydrogen) atoms. The lowest BCUT2D eigenvalue weighted by Crippen LogP contribution is -2.29. The summed E-state index contributed by atoms with van der Waals surface area (Å²) in [5.41, 5.74) is 2.53. The Kier molecular flexibility index (Phi) is 4.06. The first-order valence-corrected chi connectivity index (χ1v) is 6.82. The van der Waals surface area contributed by atoms with Crippen molar-refractivity contribution in [1.29, 1.82) is 0 Å². The lowest BCUT2D eigenvalue weighted by molar-refractivity contribution is 0.197. The molecule has 0 saturated carbocycles. The Hall–Kier alpha value is -1.02. The van der Waals surface area contributed by atoms with E-state index in [0.717, 1.165) is 25.9 Å². The number of nitrogens with zero attached hydrogens (tertiary/aromatic N) is 1. The van der Waals surface area contributed by atoms with Gasteiger partial charge in [0.2, 0.25) is 0 Å². The Balaban J connectivity index is 2.22. The monoisotopic (exact) mass is 233 g/mol. The van der Waals surface area contributed by atoms with Gasteiger partial charge in [0.05, 0.1) is 0 Å². The lowest BCUT2D eigenvalue weighted by atomic mass is 10.1. The molecule has 1 atom stereocenters. The molecular formula is C15H23NO. The van der Waals surface area contributed by atoms with Gasteiger partial charge in [-0.15, -0.1) is 0 Å². The SMILES string of the molecule is CCCN(CCC)C1CCc2c(O)cccc21. The van der Waals surface area contributed by atoms with E-state index in [1.54, 1.807) is 0 Å². The van der Waals surface area contributed by atoms with Crippen molar-refractivity contribution in [2.45, 2.75) is 45.6 Å². The third-order valence-corrected chi connectivity index (χ3v) is 3.68. The van der Waals surface area contributed by atoms with Crippen molar-refractivity contribution >= 4 is 0 Å². The standard InChI is InChI=1S/C15H23NO/c1-3-10-16(11-4-2)14-9-8-13-12(14)6-5-7-15(13)17/h5-7,14,17H,3-4,8-11H2,1-2H3. The minimum absolute atomic E-state index is 0.484. The molecule has 0 aliphatic heterocycles. The summed E-state index contributed by atoms with van der Waals surface area (Å²) in [7, 11) is 0. The number of phenols is 1. The average Bonchev–Trinajstić information content (AvgIpc) is 2.74. The zero-order chi connectivity index (χ0) is 12.3. The minimum atomic E-state index is 0.484. The molecule has 0 heterocycles. The van der Waals surface area contributed by atoms with E-state index >= 15 is 0 Å². The summed E-state index contributed by atoms with van der Waals surface area (Å²) in [5, 5.41) is 9.87. The van der Waals surface area contributed by atoms with E-state index in [4.69, 9.17) is 0 Å². The molecule has 1 N–H and O–H groups in total. The maximum Gasteiger partial charge on any atom is 0.119 e. The Morgan fingerprint density at radius 1 is 1.24 bits per heavy atom. The number of rotatable bonds is 5. The molecule has 1 aliphatic carbocycles. The van der Waals surface area contributed by atoms with Gasteiger partial charge in [0.15, 0.2) is 0 Å². The topological polar surface area (TPSA) is 23.5 Å². The summed E-state index contributed by atoms with van der Waals surface area (Å²) >= 11 is 0. The predicted octanol–water partition coefficient (Wildman–Crippen LogP) is 3.50. The van der Waals surface area contributed by atoms with E-state index in [0.29, 0.717) is 11.8 Å². The van der Waals surface area contributed by atoms with Gasteiger partial charge < -0.3 is 5.11 Å². The zero-order valence-electron chi connectivity index (χ0n) is 10.9. The fourth-order valence-corrected chi connectivity index (χ4v) is 2.99. The number of benzene rings is 1. The predicted molar refractivity (Wildman–Crippen MR) is 71.3 cm³/mol. The Labute approximate surface area is 104 Å². The number of hydrogen-bond donors (Lipinski definition) is 1. The van der Waals surface area contributed by atoms with Crippen LogP contribution in [-0.4, -0.2) is 23.1 Å². The lowest BCUT2D eigenvalue weighted by Gasteiger charge is -2.28. The van der Waals surface area contributed by atoms with Gasteiger partial charge in [-0.1, -0.05) is 26.0 Å². The van der Waals surface area contributed by atoms with Gasteiger partial charge in [0, 0.05) is 6.04 Å². The van der Waals surface area contributed by atoms with Crippen LogP contribution in [0.25, 0.3) is 0 Å². The molecule has 2 nitrogen and oxygen atoms in total. The molecule has 1 unspecified atom stereocenters. The molecule has 0 radical (unpaired) electrons. The van der Waals surface area contributed by atoms with Crippen LogP contribution in [0, 0.1) is 0 Å². The number of fused-ring (bicyclic) bond motifs is 1. The molecule has 2 heteroatoms. The van der Waals surface area contributed by atoms with Gasteiger partial charge in [-0.05, 0) is 56.0 Å². The Morgan fingerprint density at radius 2 is 1.94 bits per heavy atom. The zero-order valence-corrected chi connectivity index (χ0v) is 10.9. The summed E-state index contributed by atoms with van der Waals surface area (Å²) in [6.07, 6.45) is 4.58. The highest BCUT2D eigenvalue weighted by atomic mass is 16.3. The first kappa shape index (κ1) is 12.4. The third-order valence-electron chi connectivity index (χ3n) is 3.68. The molecule has 0 saturated heterocycles. The highest BCUT2D eigenvalue weighted by Crippen LogP contribution is 2.39. The molecule has 94 valence electrons. The Bertz CT molecular complexity index is 369. The third kappa shape index (κ3) is 2.47. The van der Waals surface area contributed by atoms with Crippen molar-refractivity contribution in [2.24, 2.45) is 0 Å². The fraction of sp³-hybridized carbons (Fsp3) is 0.600. The summed E-state index contributed by atoms with van der Waals surface area (Å²) < 4.78 is 0. The van der Waals surface area contributed by atoms with Crippen LogP contribution in [0.4, 0.5) is 0 Å². The second-order valence-corrected chi connectivity index (χ2v) is 4.94. The van der Waals surface area contributed by atoms with Crippen molar-refractivity contribution < 1.29 is 5.11 Å². The Morgan fingerprint density at radius 3 is 2.59 bits per heavy atom. The van der Waals surface area contributed by atoms with E-state index in [-0.39, 0.29) is 0 Å². The van der Waals surface area contributed by atoms with Gasteiger partial charge in [0.1, 0.15) is 5.75 Å². The van der Waals surface area contributed by atoms with E-state index in [2.05, 4.69) is 24.8 Å². The van der Waals surface area contributed by atoms with E-state index in [9.17, 15) is 5.11 Å². The number of hydrogen-bond acceptors (Lipinski definition) is 2. The molecule has 1 aliphatic rings. The van der Waals surface area contributed by atoms with Crippen molar-refractivity contribution in [2.75, 3.05) is 13.1 Å². The highest BCUT2D eigenvalue weighted by Gasteiger charge is 2.28. The van der Waals surface area contributed by atoms with Crippen molar-refractivity contribution in [3.05, 3.63) is 29.3 Å². The van der Waals surface area contributed by atoms with Crippen LogP contribution in [0.3, 0.4) is 0 Å². The van der Waals surface area contributed by atoms with Crippen molar-refractivity contribution in [3.63, 3.8) is 0 Å². The van der Waals surface area contributed by atoms with Gasteiger partial charge in [-0.2, -0.15) is 0 Å². The molecule has 0 amide bonds. The number of phenolic OH excluding ortho intramolecular Hbond substituents is 1. The largest absolute Gasteiger partial charge is 0.508 e. The first-order valence-electron chi connectivity index (χ1n) is 6.82. The summed E-state index contributed by atoms with van der Waals surface area (Å²) in [4.78, 5) is 2.57. The summed E-state index contributed by atoms with van der Waals surface area (Å²) in [6.45, 7) is 6.79.